The van der Waals surface area contributed by atoms with E-state index < -0.39 is 30.9 Å². The smallest absolute Gasteiger partial charge is 0.435 e. The molecule has 1 aliphatic heterocycles. The topological polar surface area (TPSA) is 53.7 Å². The fraction of sp³-hybridized carbons (Fsp3) is 0.571. The second-order valence-corrected chi connectivity index (χ2v) is 6.10. The molecule has 0 aromatic heterocycles. The van der Waals surface area contributed by atoms with Crippen LogP contribution in [0.5, 0.6) is 5.75 Å². The van der Waals surface area contributed by atoms with Gasteiger partial charge in [0.25, 0.3) is 0 Å². The van der Waals surface area contributed by atoms with Gasteiger partial charge in [0, 0.05) is 0 Å². The van der Waals surface area contributed by atoms with Gasteiger partial charge in [-0.05, 0) is 45.4 Å². The number of hydrogen-bond acceptors (Lipinski definition) is 4. The summed E-state index contributed by atoms with van der Waals surface area (Å²) in [5, 5.41) is 0. The first-order valence-electron chi connectivity index (χ1n) is 6.78. The third-order valence-electron chi connectivity index (χ3n) is 4.03. The number of rotatable bonds is 4. The number of hydrogen-bond donors (Lipinski definition) is 1. The van der Waals surface area contributed by atoms with Crippen molar-refractivity contribution in [2.24, 2.45) is 5.73 Å². The molecule has 0 bridgehead atoms. The van der Waals surface area contributed by atoms with E-state index in [0.717, 1.165) is 0 Å². The summed E-state index contributed by atoms with van der Waals surface area (Å²) < 4.78 is 40.6. The van der Waals surface area contributed by atoms with Crippen LogP contribution in [-0.2, 0) is 9.31 Å². The van der Waals surface area contributed by atoms with Crippen molar-refractivity contribution in [1.29, 1.82) is 0 Å². The highest BCUT2D eigenvalue weighted by molar-refractivity contribution is 6.47. The molecule has 1 aromatic carbocycles. The summed E-state index contributed by atoms with van der Waals surface area (Å²) in [6.45, 7) is 4.84. The summed E-state index contributed by atoms with van der Waals surface area (Å²) in [5.74, 6) is -0.526. The molecule has 1 saturated heterocycles. The number of halogens is 2. The van der Waals surface area contributed by atoms with Gasteiger partial charge in [0.15, 0.2) is 0 Å². The number of nitrogens with two attached hydrogens (primary N) is 1. The maximum Gasteiger partial charge on any atom is 0.480 e. The summed E-state index contributed by atoms with van der Waals surface area (Å²) in [6, 6.07) is 6.26. The van der Waals surface area contributed by atoms with E-state index in [2.05, 4.69) is 4.74 Å². The Morgan fingerprint density at radius 1 is 1.14 bits per heavy atom. The number of ether oxygens (including phenoxy) is 1. The molecule has 0 amide bonds. The van der Waals surface area contributed by atoms with Crippen LogP contribution in [0.4, 0.5) is 8.78 Å². The molecule has 1 aromatic rings. The Morgan fingerprint density at radius 3 is 2.24 bits per heavy atom. The molecule has 7 heteroatoms. The van der Waals surface area contributed by atoms with Crippen LogP contribution in [-0.4, -0.2) is 24.9 Å². The van der Waals surface area contributed by atoms with E-state index in [0.29, 0.717) is 5.56 Å². The van der Waals surface area contributed by atoms with Crippen LogP contribution >= 0.6 is 0 Å². The summed E-state index contributed by atoms with van der Waals surface area (Å²) >= 11 is 0. The van der Waals surface area contributed by atoms with Gasteiger partial charge in [0.1, 0.15) is 5.75 Å². The Morgan fingerprint density at radius 2 is 1.71 bits per heavy atom. The molecule has 1 fully saturated rings. The monoisotopic (exact) mass is 299 g/mol. The van der Waals surface area contributed by atoms with Crippen molar-refractivity contribution in [3.8, 4) is 5.75 Å². The van der Waals surface area contributed by atoms with Crippen LogP contribution in [0.15, 0.2) is 24.3 Å². The van der Waals surface area contributed by atoms with Gasteiger partial charge < -0.3 is 19.8 Å². The van der Waals surface area contributed by atoms with Gasteiger partial charge in [-0.15, -0.1) is 0 Å². The van der Waals surface area contributed by atoms with Gasteiger partial charge in [-0.3, -0.25) is 0 Å². The number of benzene rings is 1. The maximum absolute atomic E-state index is 12.3. The molecule has 2 rings (SSSR count). The van der Waals surface area contributed by atoms with Gasteiger partial charge >= 0.3 is 13.7 Å². The molecule has 0 aliphatic carbocycles. The summed E-state index contributed by atoms with van der Waals surface area (Å²) in [7, 11) is -0.642. The summed E-state index contributed by atoms with van der Waals surface area (Å²) in [6.07, 6.45) is 0. The predicted molar refractivity (Wildman–Crippen MR) is 76.1 cm³/mol. The van der Waals surface area contributed by atoms with E-state index in [4.69, 9.17) is 15.0 Å². The van der Waals surface area contributed by atoms with Gasteiger partial charge in [-0.1, -0.05) is 12.1 Å². The maximum atomic E-state index is 12.3. The average molecular weight is 299 g/mol. The van der Waals surface area contributed by atoms with Crippen molar-refractivity contribution in [1.82, 2.24) is 0 Å². The van der Waals surface area contributed by atoms with Crippen LogP contribution in [0.25, 0.3) is 0 Å². The average Bonchev–Trinajstić information content (AvgIpc) is 2.57. The second kappa shape index (κ2) is 5.55. The van der Waals surface area contributed by atoms with E-state index in [9.17, 15) is 8.78 Å². The second-order valence-electron chi connectivity index (χ2n) is 6.10. The Hall–Kier alpha value is -1.18. The minimum Gasteiger partial charge on any atom is -0.435 e. The van der Waals surface area contributed by atoms with Gasteiger partial charge in [0.05, 0.1) is 17.1 Å². The lowest BCUT2D eigenvalue weighted by molar-refractivity contribution is -0.0498. The molecule has 1 aliphatic rings. The Labute approximate surface area is 123 Å². The van der Waals surface area contributed by atoms with Crippen molar-refractivity contribution in [2.45, 2.75) is 51.4 Å². The largest absolute Gasteiger partial charge is 0.480 e. The van der Waals surface area contributed by atoms with Crippen molar-refractivity contribution >= 4 is 7.12 Å². The van der Waals surface area contributed by atoms with Crippen molar-refractivity contribution in [3.63, 3.8) is 0 Å². The van der Waals surface area contributed by atoms with Crippen LogP contribution in [0.3, 0.4) is 0 Å². The molecule has 1 heterocycles. The Kier molecular flexibility index (Phi) is 4.28. The normalized spacial score (nSPS) is 21.6. The lowest BCUT2D eigenvalue weighted by Crippen LogP contribution is -2.41. The van der Waals surface area contributed by atoms with Gasteiger partial charge in [-0.25, -0.2) is 0 Å². The van der Waals surface area contributed by atoms with E-state index in [1.165, 1.54) is 12.1 Å². The molecule has 1 atom stereocenters. The first-order valence-corrected chi connectivity index (χ1v) is 6.78. The molecule has 0 saturated carbocycles. The SMILES string of the molecule is CC1(C)OB([C@H](N)c2cccc(OC(F)F)c2)OC1(C)C. The molecule has 0 unspecified atom stereocenters. The summed E-state index contributed by atoms with van der Waals surface area (Å²) in [5.41, 5.74) is 5.78. The first kappa shape index (κ1) is 16.2. The molecule has 0 spiro atoms. The van der Waals surface area contributed by atoms with Crippen LogP contribution in [0, 0.1) is 0 Å². The summed E-state index contributed by atoms with van der Waals surface area (Å²) in [4.78, 5) is 0. The van der Waals surface area contributed by atoms with Crippen molar-refractivity contribution in [3.05, 3.63) is 29.8 Å². The molecular formula is C14H20BF2NO3. The third kappa shape index (κ3) is 3.36. The van der Waals surface area contributed by atoms with E-state index in [1.807, 2.05) is 27.7 Å². The quantitative estimate of drug-likeness (QED) is 0.869. The predicted octanol–water partition coefficient (Wildman–Crippen LogP) is 2.92. The fourth-order valence-corrected chi connectivity index (χ4v) is 2.09. The highest BCUT2D eigenvalue weighted by atomic mass is 19.3. The number of alkyl halides is 2. The van der Waals surface area contributed by atoms with Crippen LogP contribution < -0.4 is 10.5 Å². The zero-order chi connectivity index (χ0) is 15.8. The molecule has 4 nitrogen and oxygen atoms in total. The standard InChI is InChI=1S/C14H20BF2NO3/c1-13(2)14(3,4)21-15(20-13)11(18)9-6-5-7-10(8-9)19-12(16)17/h5-8,11-12H,18H2,1-4H3/t11-/m1/s1. The first-order chi connectivity index (χ1) is 9.62. The molecular weight excluding hydrogens is 279 g/mol. The van der Waals surface area contributed by atoms with Gasteiger partial charge in [-0.2, -0.15) is 8.78 Å². The highest BCUT2D eigenvalue weighted by Gasteiger charge is 2.53. The fourth-order valence-electron chi connectivity index (χ4n) is 2.09. The molecule has 21 heavy (non-hydrogen) atoms. The van der Waals surface area contributed by atoms with Crippen molar-refractivity contribution in [2.75, 3.05) is 0 Å². The lowest BCUT2D eigenvalue weighted by atomic mass is 9.75. The zero-order valence-electron chi connectivity index (χ0n) is 12.6. The Bertz CT molecular complexity index is 495. The van der Waals surface area contributed by atoms with E-state index in [-0.39, 0.29) is 5.75 Å². The van der Waals surface area contributed by atoms with E-state index >= 15 is 0 Å². The molecule has 0 radical (unpaired) electrons. The Balaban J connectivity index is 2.16. The molecule has 2 N–H and O–H groups in total. The zero-order valence-corrected chi connectivity index (χ0v) is 12.6. The minimum atomic E-state index is -2.87. The van der Waals surface area contributed by atoms with E-state index in [1.54, 1.807) is 12.1 Å². The molecule has 116 valence electrons. The van der Waals surface area contributed by atoms with Crippen molar-refractivity contribution < 1.29 is 22.8 Å². The highest BCUT2D eigenvalue weighted by Crippen LogP contribution is 2.39. The third-order valence-corrected chi connectivity index (χ3v) is 4.03. The van der Waals surface area contributed by atoms with Crippen LogP contribution in [0.1, 0.15) is 39.2 Å². The van der Waals surface area contributed by atoms with Crippen LogP contribution in [0.2, 0.25) is 0 Å². The minimum absolute atomic E-state index is 0.0643. The lowest BCUT2D eigenvalue weighted by Gasteiger charge is -2.32. The van der Waals surface area contributed by atoms with Gasteiger partial charge in [0.2, 0.25) is 0 Å².